The number of rotatable bonds is 2. The zero-order valence-corrected chi connectivity index (χ0v) is 12.4. The first kappa shape index (κ1) is 13.6. The van der Waals surface area contributed by atoms with E-state index in [9.17, 15) is 0 Å². The third-order valence-corrected chi connectivity index (χ3v) is 3.44. The third-order valence-electron chi connectivity index (χ3n) is 3.44. The molecule has 0 amide bonds. The predicted octanol–water partition coefficient (Wildman–Crippen LogP) is 2.82. The van der Waals surface area contributed by atoms with Gasteiger partial charge in [0.2, 0.25) is 0 Å². The zero-order chi connectivity index (χ0) is 14.2. The molecule has 0 radical (unpaired) electrons. The maximum atomic E-state index is 5.60. The molecule has 4 heteroatoms. The van der Waals surface area contributed by atoms with Crippen LogP contribution in [0.4, 0.5) is 5.82 Å². The summed E-state index contributed by atoms with van der Waals surface area (Å²) >= 11 is 0. The number of nitrogen functional groups attached to an aromatic ring is 1. The lowest BCUT2D eigenvalue weighted by Crippen LogP contribution is -2.13. The van der Waals surface area contributed by atoms with Crippen LogP contribution in [0, 0.1) is 13.8 Å². The Balaban J connectivity index is 2.37. The van der Waals surface area contributed by atoms with Crippen molar-refractivity contribution in [3.63, 3.8) is 0 Å². The summed E-state index contributed by atoms with van der Waals surface area (Å²) < 4.78 is 1.78. The average Bonchev–Trinajstić information content (AvgIpc) is 2.68. The Labute approximate surface area is 114 Å². The van der Waals surface area contributed by atoms with E-state index in [2.05, 4.69) is 57.1 Å². The smallest absolute Gasteiger partial charge is 0.165 e. The molecule has 102 valence electrons. The Morgan fingerprint density at radius 2 is 1.74 bits per heavy atom. The summed E-state index contributed by atoms with van der Waals surface area (Å²) in [5.74, 6) is 0.460. The summed E-state index contributed by atoms with van der Waals surface area (Å²) in [6, 6.07) is 4.53. The van der Waals surface area contributed by atoms with Crippen LogP contribution in [0.5, 0.6) is 0 Å². The largest absolute Gasteiger partial charge is 0.381 e. The molecule has 0 fully saturated rings. The lowest BCUT2D eigenvalue weighted by atomic mass is 9.84. The van der Waals surface area contributed by atoms with E-state index in [1.807, 2.05) is 0 Å². The number of benzene rings is 1. The Morgan fingerprint density at radius 3 is 2.16 bits per heavy atom. The average molecular weight is 258 g/mol. The second-order valence-corrected chi connectivity index (χ2v) is 6.18. The first-order valence-electron chi connectivity index (χ1n) is 6.53. The van der Waals surface area contributed by atoms with Crippen LogP contribution in [0.25, 0.3) is 0 Å². The first-order chi connectivity index (χ1) is 8.77. The minimum absolute atomic E-state index is 0.172. The SMILES string of the molecule is Cc1cc(C(C)(C)C)cc(C)c1Cn1cc(N)nn1. The van der Waals surface area contributed by atoms with Gasteiger partial charge in [-0.25, -0.2) is 4.68 Å². The zero-order valence-electron chi connectivity index (χ0n) is 12.4. The summed E-state index contributed by atoms with van der Waals surface area (Å²) in [4.78, 5) is 0. The number of aromatic nitrogens is 3. The van der Waals surface area contributed by atoms with Gasteiger partial charge in [0.25, 0.3) is 0 Å². The number of hydrogen-bond donors (Lipinski definition) is 1. The highest BCUT2D eigenvalue weighted by Crippen LogP contribution is 2.27. The van der Waals surface area contributed by atoms with E-state index < -0.39 is 0 Å². The van der Waals surface area contributed by atoms with Crippen LogP contribution < -0.4 is 5.73 Å². The van der Waals surface area contributed by atoms with Crippen molar-refractivity contribution in [1.29, 1.82) is 0 Å². The molecule has 0 aliphatic rings. The monoisotopic (exact) mass is 258 g/mol. The predicted molar refractivity (Wildman–Crippen MR) is 78.2 cm³/mol. The van der Waals surface area contributed by atoms with Crippen molar-refractivity contribution in [3.05, 3.63) is 40.6 Å². The van der Waals surface area contributed by atoms with Gasteiger partial charge in [-0.05, 0) is 41.5 Å². The van der Waals surface area contributed by atoms with Crippen LogP contribution in [0.3, 0.4) is 0 Å². The van der Waals surface area contributed by atoms with Gasteiger partial charge in [-0.1, -0.05) is 38.1 Å². The molecule has 0 unspecified atom stereocenters. The van der Waals surface area contributed by atoms with Crippen molar-refractivity contribution in [2.24, 2.45) is 0 Å². The summed E-state index contributed by atoms with van der Waals surface area (Å²) in [6.45, 7) is 11.7. The number of anilines is 1. The summed E-state index contributed by atoms with van der Waals surface area (Å²) in [5, 5.41) is 7.83. The van der Waals surface area contributed by atoms with E-state index in [0.29, 0.717) is 12.4 Å². The highest BCUT2D eigenvalue weighted by atomic mass is 15.4. The molecular formula is C15H22N4. The summed E-state index contributed by atoms with van der Waals surface area (Å²) in [5.41, 5.74) is 11.0. The minimum Gasteiger partial charge on any atom is -0.381 e. The van der Waals surface area contributed by atoms with Crippen molar-refractivity contribution >= 4 is 5.82 Å². The molecule has 0 saturated heterocycles. The van der Waals surface area contributed by atoms with E-state index in [1.54, 1.807) is 10.9 Å². The molecule has 0 atom stereocenters. The van der Waals surface area contributed by atoms with Gasteiger partial charge in [-0.15, -0.1) is 5.10 Å². The first-order valence-corrected chi connectivity index (χ1v) is 6.53. The minimum atomic E-state index is 0.172. The number of nitrogens with zero attached hydrogens (tertiary/aromatic N) is 3. The molecule has 0 saturated carbocycles. The topological polar surface area (TPSA) is 56.7 Å². The molecule has 2 N–H and O–H groups in total. The van der Waals surface area contributed by atoms with Crippen LogP contribution in [0.2, 0.25) is 0 Å². The fourth-order valence-corrected chi connectivity index (χ4v) is 2.23. The van der Waals surface area contributed by atoms with Gasteiger partial charge >= 0.3 is 0 Å². The molecular weight excluding hydrogens is 236 g/mol. The normalized spacial score (nSPS) is 11.8. The van der Waals surface area contributed by atoms with Crippen molar-refractivity contribution in [2.45, 2.75) is 46.6 Å². The molecule has 0 aliphatic heterocycles. The van der Waals surface area contributed by atoms with E-state index in [0.717, 1.165) is 0 Å². The molecule has 1 aromatic heterocycles. The maximum Gasteiger partial charge on any atom is 0.165 e. The fourth-order valence-electron chi connectivity index (χ4n) is 2.23. The Bertz CT molecular complexity index is 567. The van der Waals surface area contributed by atoms with Crippen LogP contribution >= 0.6 is 0 Å². The van der Waals surface area contributed by atoms with Crippen LogP contribution in [-0.4, -0.2) is 15.0 Å². The van der Waals surface area contributed by atoms with Crippen molar-refractivity contribution in [1.82, 2.24) is 15.0 Å². The quantitative estimate of drug-likeness (QED) is 0.901. The molecule has 2 rings (SSSR count). The lowest BCUT2D eigenvalue weighted by molar-refractivity contribution is 0.587. The van der Waals surface area contributed by atoms with Gasteiger partial charge in [-0.2, -0.15) is 0 Å². The Morgan fingerprint density at radius 1 is 1.16 bits per heavy atom. The van der Waals surface area contributed by atoms with E-state index >= 15 is 0 Å². The summed E-state index contributed by atoms with van der Waals surface area (Å²) in [7, 11) is 0. The lowest BCUT2D eigenvalue weighted by Gasteiger charge is -2.22. The number of hydrogen-bond acceptors (Lipinski definition) is 3. The summed E-state index contributed by atoms with van der Waals surface area (Å²) in [6.07, 6.45) is 1.76. The van der Waals surface area contributed by atoms with Gasteiger partial charge in [0.15, 0.2) is 5.82 Å². The molecule has 1 heterocycles. The second kappa shape index (κ2) is 4.68. The molecule has 1 aromatic carbocycles. The number of aryl methyl sites for hydroxylation is 2. The maximum absolute atomic E-state index is 5.60. The second-order valence-electron chi connectivity index (χ2n) is 6.18. The van der Waals surface area contributed by atoms with Gasteiger partial charge in [0.1, 0.15) is 0 Å². The van der Waals surface area contributed by atoms with Gasteiger partial charge in [0, 0.05) is 0 Å². The molecule has 0 spiro atoms. The van der Waals surface area contributed by atoms with Crippen LogP contribution in [0.1, 0.15) is 43.0 Å². The third kappa shape index (κ3) is 2.95. The molecule has 19 heavy (non-hydrogen) atoms. The molecule has 2 aromatic rings. The standard InChI is InChI=1S/C15H22N4/c1-10-6-12(15(3,4)5)7-11(2)13(10)8-19-9-14(16)17-18-19/h6-7,9H,8,16H2,1-5H3. The van der Waals surface area contributed by atoms with Crippen molar-refractivity contribution < 1.29 is 0 Å². The molecule has 4 nitrogen and oxygen atoms in total. The van der Waals surface area contributed by atoms with E-state index in [1.165, 1.54) is 22.3 Å². The fraction of sp³-hybridized carbons (Fsp3) is 0.467. The van der Waals surface area contributed by atoms with Crippen molar-refractivity contribution in [3.8, 4) is 0 Å². The highest BCUT2D eigenvalue weighted by Gasteiger charge is 2.16. The van der Waals surface area contributed by atoms with Gasteiger partial charge in [-0.3, -0.25) is 0 Å². The van der Waals surface area contributed by atoms with Crippen LogP contribution in [-0.2, 0) is 12.0 Å². The number of nitrogens with two attached hydrogens (primary N) is 1. The van der Waals surface area contributed by atoms with Gasteiger partial charge < -0.3 is 5.73 Å². The molecule has 0 aliphatic carbocycles. The van der Waals surface area contributed by atoms with E-state index in [-0.39, 0.29) is 5.41 Å². The Hall–Kier alpha value is -1.84. The van der Waals surface area contributed by atoms with E-state index in [4.69, 9.17) is 5.73 Å². The van der Waals surface area contributed by atoms with Crippen LogP contribution in [0.15, 0.2) is 18.3 Å². The Kier molecular flexibility index (Phi) is 3.35. The van der Waals surface area contributed by atoms with Crippen molar-refractivity contribution in [2.75, 3.05) is 5.73 Å². The highest BCUT2D eigenvalue weighted by molar-refractivity contribution is 5.40. The van der Waals surface area contributed by atoms with Gasteiger partial charge in [0.05, 0.1) is 12.7 Å². The molecule has 0 bridgehead atoms.